The summed E-state index contributed by atoms with van der Waals surface area (Å²) in [7, 11) is 0. The first kappa shape index (κ1) is 13.2. The maximum absolute atomic E-state index is 11.7. The van der Waals surface area contributed by atoms with Crippen LogP contribution in [0.3, 0.4) is 0 Å². The van der Waals surface area contributed by atoms with Crippen molar-refractivity contribution in [1.29, 1.82) is 0 Å². The molecule has 1 atom stereocenters. The fraction of sp³-hybridized carbons (Fsp3) is 0.385. The molecule has 0 radical (unpaired) electrons. The second-order valence-corrected chi connectivity index (χ2v) is 3.85. The first-order valence-corrected chi connectivity index (χ1v) is 5.78. The van der Waals surface area contributed by atoms with Crippen LogP contribution in [0.5, 0.6) is 0 Å². The van der Waals surface area contributed by atoms with Gasteiger partial charge in [-0.05, 0) is 25.5 Å². The fourth-order valence-electron chi connectivity index (χ4n) is 1.34. The Labute approximate surface area is 101 Å². The Morgan fingerprint density at radius 3 is 2.47 bits per heavy atom. The summed E-state index contributed by atoms with van der Waals surface area (Å²) in [6, 6.07) is 8.33. The highest BCUT2D eigenvalue weighted by Gasteiger charge is 2.15. The van der Waals surface area contributed by atoms with Gasteiger partial charge in [-0.25, -0.2) is 0 Å². The van der Waals surface area contributed by atoms with E-state index < -0.39 is 6.04 Å². The van der Waals surface area contributed by atoms with Crippen LogP contribution < -0.4 is 10.6 Å². The van der Waals surface area contributed by atoms with Crippen LogP contribution in [0, 0.1) is 0 Å². The van der Waals surface area contributed by atoms with Crippen molar-refractivity contribution in [2.24, 2.45) is 0 Å². The second kappa shape index (κ2) is 6.68. The summed E-state index contributed by atoms with van der Waals surface area (Å²) in [5.41, 5.74) is 0.558. The van der Waals surface area contributed by atoms with Gasteiger partial charge in [0.25, 0.3) is 5.91 Å². The van der Waals surface area contributed by atoms with Crippen LogP contribution in [0.1, 0.15) is 30.6 Å². The summed E-state index contributed by atoms with van der Waals surface area (Å²) in [4.78, 5) is 23.3. The van der Waals surface area contributed by atoms with E-state index in [0.29, 0.717) is 12.1 Å². The lowest BCUT2D eigenvalue weighted by atomic mass is 10.2. The lowest BCUT2D eigenvalue weighted by molar-refractivity contribution is -0.122. The molecule has 1 aromatic carbocycles. The Kier molecular flexibility index (Phi) is 5.20. The van der Waals surface area contributed by atoms with Gasteiger partial charge >= 0.3 is 0 Å². The van der Waals surface area contributed by atoms with Crippen molar-refractivity contribution in [2.75, 3.05) is 6.54 Å². The van der Waals surface area contributed by atoms with Crippen LogP contribution in [-0.2, 0) is 4.79 Å². The van der Waals surface area contributed by atoms with Gasteiger partial charge in [-0.1, -0.05) is 25.1 Å². The molecular formula is C13H18N2O2. The first-order chi connectivity index (χ1) is 8.15. The van der Waals surface area contributed by atoms with Crippen molar-refractivity contribution in [3.63, 3.8) is 0 Å². The largest absolute Gasteiger partial charge is 0.354 e. The zero-order valence-corrected chi connectivity index (χ0v) is 10.2. The van der Waals surface area contributed by atoms with Crippen molar-refractivity contribution in [2.45, 2.75) is 26.3 Å². The van der Waals surface area contributed by atoms with Gasteiger partial charge in [-0.3, -0.25) is 9.59 Å². The maximum atomic E-state index is 11.7. The molecular weight excluding hydrogens is 216 g/mol. The normalized spacial score (nSPS) is 11.6. The maximum Gasteiger partial charge on any atom is 0.251 e. The van der Waals surface area contributed by atoms with E-state index in [1.165, 1.54) is 0 Å². The molecule has 92 valence electrons. The van der Waals surface area contributed by atoms with E-state index in [9.17, 15) is 9.59 Å². The molecule has 1 rings (SSSR count). The highest BCUT2D eigenvalue weighted by atomic mass is 16.2. The molecule has 0 bridgehead atoms. The predicted octanol–water partition coefficient (Wildman–Crippen LogP) is 1.33. The molecule has 4 nitrogen and oxygen atoms in total. The van der Waals surface area contributed by atoms with Crippen LogP contribution >= 0.6 is 0 Å². The van der Waals surface area contributed by atoms with Crippen LogP contribution in [0.4, 0.5) is 0 Å². The Balaban J connectivity index is 2.49. The van der Waals surface area contributed by atoms with E-state index in [4.69, 9.17) is 0 Å². The van der Waals surface area contributed by atoms with Gasteiger partial charge < -0.3 is 10.6 Å². The summed E-state index contributed by atoms with van der Waals surface area (Å²) in [6.07, 6.45) is 0.880. The van der Waals surface area contributed by atoms with E-state index in [0.717, 1.165) is 6.42 Å². The monoisotopic (exact) mass is 234 g/mol. The van der Waals surface area contributed by atoms with Gasteiger partial charge in [-0.15, -0.1) is 0 Å². The molecule has 1 aromatic rings. The topological polar surface area (TPSA) is 58.2 Å². The van der Waals surface area contributed by atoms with Gasteiger partial charge in [0.1, 0.15) is 6.04 Å². The van der Waals surface area contributed by atoms with Crippen LogP contribution in [-0.4, -0.2) is 24.4 Å². The van der Waals surface area contributed by atoms with Gasteiger partial charge in [-0.2, -0.15) is 0 Å². The summed E-state index contributed by atoms with van der Waals surface area (Å²) in [5.74, 6) is -0.388. The number of benzene rings is 1. The molecule has 0 fully saturated rings. The molecule has 0 aromatic heterocycles. The minimum atomic E-state index is -0.519. The SMILES string of the molecule is CCCNC(=O)[C@@H](C)NC(=O)c1ccccc1. The first-order valence-electron chi connectivity index (χ1n) is 5.78. The van der Waals surface area contributed by atoms with Crippen molar-refractivity contribution in [1.82, 2.24) is 10.6 Å². The van der Waals surface area contributed by atoms with E-state index in [1.54, 1.807) is 31.2 Å². The molecule has 0 unspecified atom stereocenters. The highest BCUT2D eigenvalue weighted by Crippen LogP contribution is 1.98. The minimum absolute atomic E-state index is 0.156. The smallest absolute Gasteiger partial charge is 0.251 e. The van der Waals surface area contributed by atoms with Gasteiger partial charge in [0.15, 0.2) is 0 Å². The highest BCUT2D eigenvalue weighted by molar-refractivity contribution is 5.97. The molecule has 0 saturated heterocycles. The number of nitrogens with one attached hydrogen (secondary N) is 2. The molecule has 17 heavy (non-hydrogen) atoms. The summed E-state index contributed by atoms with van der Waals surface area (Å²) >= 11 is 0. The number of rotatable bonds is 5. The molecule has 0 aliphatic rings. The Hall–Kier alpha value is -1.84. The molecule has 0 aliphatic carbocycles. The van der Waals surface area contributed by atoms with E-state index in [1.807, 2.05) is 13.0 Å². The lowest BCUT2D eigenvalue weighted by Crippen LogP contribution is -2.44. The lowest BCUT2D eigenvalue weighted by Gasteiger charge is -2.13. The van der Waals surface area contributed by atoms with Crippen molar-refractivity contribution < 1.29 is 9.59 Å². The molecule has 2 amide bonds. The zero-order valence-electron chi connectivity index (χ0n) is 10.2. The number of hydrogen-bond donors (Lipinski definition) is 2. The number of carbonyl (C=O) groups excluding carboxylic acids is 2. The number of amides is 2. The summed E-state index contributed by atoms with van der Waals surface area (Å²) in [5, 5.41) is 5.39. The van der Waals surface area contributed by atoms with E-state index in [-0.39, 0.29) is 11.8 Å². The van der Waals surface area contributed by atoms with E-state index >= 15 is 0 Å². The van der Waals surface area contributed by atoms with Crippen molar-refractivity contribution in [3.05, 3.63) is 35.9 Å². The van der Waals surface area contributed by atoms with E-state index in [2.05, 4.69) is 10.6 Å². The quantitative estimate of drug-likeness (QED) is 0.807. The average molecular weight is 234 g/mol. The third-order valence-corrected chi connectivity index (χ3v) is 2.33. The molecule has 0 aliphatic heterocycles. The van der Waals surface area contributed by atoms with Crippen LogP contribution in [0.15, 0.2) is 30.3 Å². The Bertz CT molecular complexity index is 376. The van der Waals surface area contributed by atoms with Crippen LogP contribution in [0.2, 0.25) is 0 Å². The molecule has 4 heteroatoms. The average Bonchev–Trinajstić information content (AvgIpc) is 2.36. The van der Waals surface area contributed by atoms with Crippen LogP contribution in [0.25, 0.3) is 0 Å². The Morgan fingerprint density at radius 2 is 1.88 bits per heavy atom. The van der Waals surface area contributed by atoms with Gasteiger partial charge in [0, 0.05) is 12.1 Å². The molecule has 0 saturated carbocycles. The standard InChI is InChI=1S/C13H18N2O2/c1-3-9-14-12(16)10(2)15-13(17)11-7-5-4-6-8-11/h4-8,10H,3,9H2,1-2H3,(H,14,16)(H,15,17)/t10-/m1/s1. The molecule has 0 spiro atoms. The van der Waals surface area contributed by atoms with Crippen molar-refractivity contribution >= 4 is 11.8 Å². The summed E-state index contributed by atoms with van der Waals surface area (Å²) in [6.45, 7) is 4.28. The minimum Gasteiger partial charge on any atom is -0.354 e. The third-order valence-electron chi connectivity index (χ3n) is 2.33. The molecule has 2 N–H and O–H groups in total. The third kappa shape index (κ3) is 4.26. The predicted molar refractivity (Wildman–Crippen MR) is 66.7 cm³/mol. The summed E-state index contributed by atoms with van der Waals surface area (Å²) < 4.78 is 0. The van der Waals surface area contributed by atoms with Gasteiger partial charge in [0.2, 0.25) is 5.91 Å². The number of carbonyl (C=O) groups is 2. The molecule has 0 heterocycles. The van der Waals surface area contributed by atoms with Crippen molar-refractivity contribution in [3.8, 4) is 0 Å². The zero-order chi connectivity index (χ0) is 12.7. The van der Waals surface area contributed by atoms with Gasteiger partial charge in [0.05, 0.1) is 0 Å². The fourth-order valence-corrected chi connectivity index (χ4v) is 1.34. The second-order valence-electron chi connectivity index (χ2n) is 3.85. The Morgan fingerprint density at radius 1 is 1.24 bits per heavy atom. The number of hydrogen-bond acceptors (Lipinski definition) is 2.